The third-order valence-electron chi connectivity index (χ3n) is 3.79. The molecule has 0 unspecified atom stereocenters. The van der Waals surface area contributed by atoms with Crippen LogP contribution in [-0.4, -0.2) is 30.7 Å². The Hall–Kier alpha value is -2.64. The molecule has 0 heterocycles. The number of nitrogens with zero attached hydrogens (tertiary/aromatic N) is 1. The van der Waals surface area contributed by atoms with Gasteiger partial charge in [0.15, 0.2) is 18.1 Å². The van der Waals surface area contributed by atoms with E-state index in [1.165, 1.54) is 48.2 Å². The molecule has 0 fully saturated rings. The largest absolute Gasteiger partial charge is 0.481 e. The second-order valence-electron chi connectivity index (χ2n) is 5.82. The maximum absolute atomic E-state index is 13.2. The number of benzene rings is 2. The first-order chi connectivity index (χ1) is 13.2. The molecular weight excluding hydrogens is 410 g/mol. The zero-order chi connectivity index (χ0) is 20.8. The van der Waals surface area contributed by atoms with E-state index in [0.29, 0.717) is 5.69 Å². The molecule has 0 spiro atoms. The summed E-state index contributed by atoms with van der Waals surface area (Å²) in [6, 6.07) is 8.04. The van der Waals surface area contributed by atoms with Gasteiger partial charge in [-0.25, -0.2) is 4.39 Å². The molecule has 2 amide bonds. The highest BCUT2D eigenvalue weighted by Crippen LogP contribution is 2.35. The van der Waals surface area contributed by atoms with E-state index in [2.05, 4.69) is 0 Å². The predicted octanol–water partition coefficient (Wildman–Crippen LogP) is 3.62. The van der Waals surface area contributed by atoms with Crippen LogP contribution in [-0.2, 0) is 9.59 Å². The molecular formula is C19H17Cl2FN2O4. The van der Waals surface area contributed by atoms with Crippen LogP contribution in [0.5, 0.6) is 5.75 Å². The number of hydrogen-bond acceptors (Lipinski definition) is 4. The molecule has 0 aliphatic rings. The number of hydrogen-bond donors (Lipinski definition) is 1. The number of carbonyl (C=O) groups is 3. The molecule has 0 atom stereocenters. The number of ether oxygens (including phenoxy) is 1. The predicted molar refractivity (Wildman–Crippen MR) is 105 cm³/mol. The number of ketones is 1. The highest BCUT2D eigenvalue weighted by atomic mass is 35.5. The monoisotopic (exact) mass is 426 g/mol. The second kappa shape index (κ2) is 9.52. The molecule has 6 nitrogen and oxygen atoms in total. The molecule has 0 radical (unpaired) electrons. The zero-order valence-electron chi connectivity index (χ0n) is 14.9. The van der Waals surface area contributed by atoms with Crippen LogP contribution in [0.1, 0.15) is 23.7 Å². The highest BCUT2D eigenvalue weighted by Gasteiger charge is 2.21. The van der Waals surface area contributed by atoms with Crippen molar-refractivity contribution < 1.29 is 23.5 Å². The van der Waals surface area contributed by atoms with Gasteiger partial charge in [-0.1, -0.05) is 23.2 Å². The van der Waals surface area contributed by atoms with Gasteiger partial charge in [-0.15, -0.1) is 0 Å². The fourth-order valence-corrected chi connectivity index (χ4v) is 2.77. The van der Waals surface area contributed by atoms with Crippen molar-refractivity contribution in [2.75, 3.05) is 18.1 Å². The lowest BCUT2D eigenvalue weighted by Gasteiger charge is -2.23. The van der Waals surface area contributed by atoms with E-state index >= 15 is 0 Å². The van der Waals surface area contributed by atoms with E-state index in [1.54, 1.807) is 0 Å². The van der Waals surface area contributed by atoms with Gasteiger partial charge in [0.2, 0.25) is 5.91 Å². The van der Waals surface area contributed by atoms with Crippen molar-refractivity contribution in [2.45, 2.75) is 13.3 Å². The van der Waals surface area contributed by atoms with E-state index in [-0.39, 0.29) is 40.1 Å². The van der Waals surface area contributed by atoms with E-state index < -0.39 is 24.2 Å². The van der Waals surface area contributed by atoms with Gasteiger partial charge in [0.05, 0.1) is 10.6 Å². The van der Waals surface area contributed by atoms with Crippen LogP contribution in [0.25, 0.3) is 0 Å². The van der Waals surface area contributed by atoms with E-state index in [9.17, 15) is 18.8 Å². The number of primary amides is 1. The van der Waals surface area contributed by atoms with Crippen molar-refractivity contribution in [3.63, 3.8) is 0 Å². The van der Waals surface area contributed by atoms with Crippen molar-refractivity contribution in [1.29, 1.82) is 0 Å². The average Bonchev–Trinajstić information content (AvgIpc) is 2.63. The van der Waals surface area contributed by atoms with Crippen LogP contribution in [0, 0.1) is 5.82 Å². The van der Waals surface area contributed by atoms with Crippen molar-refractivity contribution >= 4 is 46.5 Å². The Kier molecular flexibility index (Phi) is 7.37. The molecule has 2 aromatic rings. The van der Waals surface area contributed by atoms with Gasteiger partial charge in [-0.2, -0.15) is 0 Å². The number of amides is 2. The molecule has 0 aromatic heterocycles. The Morgan fingerprint density at radius 1 is 1.11 bits per heavy atom. The molecule has 148 valence electrons. The number of carbonyl (C=O) groups excluding carboxylic acids is 3. The number of Topliss-reactive ketones (excluding diaryl/α,β-unsaturated/α-hetero) is 1. The van der Waals surface area contributed by atoms with Gasteiger partial charge >= 0.3 is 0 Å². The normalized spacial score (nSPS) is 10.4. The van der Waals surface area contributed by atoms with Crippen LogP contribution in [0.3, 0.4) is 0 Å². The number of rotatable bonds is 8. The molecule has 0 saturated carbocycles. The lowest BCUT2D eigenvalue weighted by Crippen LogP contribution is -2.37. The molecule has 9 heteroatoms. The first-order valence-corrected chi connectivity index (χ1v) is 8.92. The topological polar surface area (TPSA) is 89.7 Å². The fraction of sp³-hybridized carbons (Fsp3) is 0.211. The minimum absolute atomic E-state index is 0.00707. The van der Waals surface area contributed by atoms with Crippen LogP contribution in [0.2, 0.25) is 10.0 Å². The quantitative estimate of drug-likeness (QED) is 0.652. The van der Waals surface area contributed by atoms with Gasteiger partial charge in [0.1, 0.15) is 10.8 Å². The van der Waals surface area contributed by atoms with E-state index in [4.69, 9.17) is 33.7 Å². The third-order valence-corrected chi connectivity index (χ3v) is 4.58. The van der Waals surface area contributed by atoms with E-state index in [1.807, 2.05) is 0 Å². The smallest absolute Gasteiger partial charge is 0.264 e. The first kappa shape index (κ1) is 21.7. The lowest BCUT2D eigenvalue weighted by molar-refractivity contribution is -0.120. The number of halogens is 3. The van der Waals surface area contributed by atoms with E-state index in [0.717, 1.165) is 0 Å². The highest BCUT2D eigenvalue weighted by molar-refractivity contribution is 6.43. The zero-order valence-corrected chi connectivity index (χ0v) is 16.4. The summed E-state index contributed by atoms with van der Waals surface area (Å²) in [5, 5.41) is 0.172. The molecule has 0 aliphatic carbocycles. The van der Waals surface area contributed by atoms with Gasteiger partial charge in [0, 0.05) is 18.7 Å². The van der Waals surface area contributed by atoms with Crippen molar-refractivity contribution in [3.05, 3.63) is 57.8 Å². The number of nitrogens with two attached hydrogens (primary N) is 1. The minimum Gasteiger partial charge on any atom is -0.481 e. The summed E-state index contributed by atoms with van der Waals surface area (Å²) in [7, 11) is 0. The number of anilines is 1. The molecule has 2 aromatic carbocycles. The molecule has 28 heavy (non-hydrogen) atoms. The van der Waals surface area contributed by atoms with Crippen LogP contribution < -0.4 is 15.4 Å². The summed E-state index contributed by atoms with van der Waals surface area (Å²) in [5.41, 5.74) is 5.70. The molecule has 2 N–H and O–H groups in total. The molecule has 0 bridgehead atoms. The van der Waals surface area contributed by atoms with Gasteiger partial charge in [0.25, 0.3) is 5.91 Å². The van der Waals surface area contributed by atoms with Gasteiger partial charge in [-0.05, 0) is 43.3 Å². The third kappa shape index (κ3) is 5.43. The lowest BCUT2D eigenvalue weighted by atomic mass is 10.1. The van der Waals surface area contributed by atoms with Gasteiger partial charge < -0.3 is 15.4 Å². The minimum atomic E-state index is -0.599. The summed E-state index contributed by atoms with van der Waals surface area (Å²) in [4.78, 5) is 36.8. The van der Waals surface area contributed by atoms with Crippen molar-refractivity contribution in [2.24, 2.45) is 5.73 Å². The standard InChI is InChI=1S/C19H17Cl2FN2O4/c1-11(25)14-6-7-15(20)18(21)19(14)28-10-17(27)24(9-8-16(23)26)13-4-2-12(22)3-5-13/h2-7H,8-10H2,1H3,(H2,23,26). The first-order valence-electron chi connectivity index (χ1n) is 8.16. The fourth-order valence-electron chi connectivity index (χ4n) is 2.40. The Morgan fingerprint density at radius 3 is 2.32 bits per heavy atom. The van der Waals surface area contributed by atoms with Crippen molar-refractivity contribution in [1.82, 2.24) is 0 Å². The summed E-state index contributed by atoms with van der Waals surface area (Å²) in [6.45, 7) is 0.814. The van der Waals surface area contributed by atoms with Gasteiger partial charge in [-0.3, -0.25) is 14.4 Å². The Bertz CT molecular complexity index is 904. The maximum Gasteiger partial charge on any atom is 0.264 e. The second-order valence-corrected chi connectivity index (χ2v) is 6.61. The van der Waals surface area contributed by atoms with Crippen LogP contribution in [0.4, 0.5) is 10.1 Å². The summed E-state index contributed by atoms with van der Waals surface area (Å²) >= 11 is 12.1. The summed E-state index contributed by atoms with van der Waals surface area (Å²) < 4.78 is 18.7. The van der Waals surface area contributed by atoms with Crippen molar-refractivity contribution in [3.8, 4) is 5.75 Å². The van der Waals surface area contributed by atoms with Crippen LogP contribution in [0.15, 0.2) is 36.4 Å². The maximum atomic E-state index is 13.2. The summed E-state index contributed by atoms with van der Waals surface area (Å²) in [6.07, 6.45) is -0.0975. The Labute approximate surface area is 171 Å². The Morgan fingerprint density at radius 2 is 1.75 bits per heavy atom. The SMILES string of the molecule is CC(=O)c1ccc(Cl)c(Cl)c1OCC(=O)N(CCC(N)=O)c1ccc(F)cc1. The van der Waals surface area contributed by atoms with Crippen LogP contribution >= 0.6 is 23.2 Å². The molecule has 0 saturated heterocycles. The molecule has 2 rings (SSSR count). The Balaban J connectivity index is 2.24. The average molecular weight is 427 g/mol. The summed E-state index contributed by atoms with van der Waals surface area (Å²) in [5.74, 6) is -1.94. The molecule has 0 aliphatic heterocycles.